The minimum absolute atomic E-state index is 0.325. The van der Waals surface area contributed by atoms with E-state index in [4.69, 9.17) is 4.74 Å². The summed E-state index contributed by atoms with van der Waals surface area (Å²) in [4.78, 5) is 2.77. The van der Waals surface area contributed by atoms with E-state index in [0.717, 1.165) is 13.2 Å². The summed E-state index contributed by atoms with van der Waals surface area (Å²) < 4.78 is 5.47. The molecule has 0 aliphatic heterocycles. The van der Waals surface area contributed by atoms with Crippen molar-refractivity contribution < 1.29 is 4.74 Å². The SMILES string of the molecule is Cc1ccc(C(C)NCCOC(C)C)s1. The van der Waals surface area contributed by atoms with E-state index in [1.807, 2.05) is 11.3 Å². The Kier molecular flexibility index (Phi) is 5.29. The average Bonchev–Trinajstić information content (AvgIpc) is 2.59. The van der Waals surface area contributed by atoms with E-state index in [-0.39, 0.29) is 0 Å². The van der Waals surface area contributed by atoms with Gasteiger partial charge in [-0.05, 0) is 39.8 Å². The molecule has 0 radical (unpaired) electrons. The number of hydrogen-bond donors (Lipinski definition) is 1. The molecule has 0 saturated heterocycles. The summed E-state index contributed by atoms with van der Waals surface area (Å²) in [5.41, 5.74) is 0. The van der Waals surface area contributed by atoms with Gasteiger partial charge in [0.15, 0.2) is 0 Å². The normalized spacial score (nSPS) is 13.4. The summed E-state index contributed by atoms with van der Waals surface area (Å²) in [6, 6.07) is 4.79. The molecule has 2 nitrogen and oxygen atoms in total. The fourth-order valence-corrected chi connectivity index (χ4v) is 2.26. The van der Waals surface area contributed by atoms with Gasteiger partial charge in [-0.15, -0.1) is 11.3 Å². The molecule has 0 amide bonds. The van der Waals surface area contributed by atoms with Crippen LogP contribution in [0.15, 0.2) is 12.1 Å². The van der Waals surface area contributed by atoms with Crippen LogP contribution in [-0.2, 0) is 4.74 Å². The Hall–Kier alpha value is -0.380. The molecule has 1 aromatic rings. The number of rotatable bonds is 6. The Morgan fingerprint density at radius 3 is 2.60 bits per heavy atom. The zero-order chi connectivity index (χ0) is 11.3. The van der Waals surface area contributed by atoms with E-state index in [0.29, 0.717) is 12.1 Å². The summed E-state index contributed by atoms with van der Waals surface area (Å²) in [6.45, 7) is 10.2. The van der Waals surface area contributed by atoms with Gasteiger partial charge in [0, 0.05) is 22.3 Å². The minimum atomic E-state index is 0.325. The lowest BCUT2D eigenvalue weighted by atomic mass is 10.3. The quantitative estimate of drug-likeness (QED) is 0.754. The molecule has 0 fully saturated rings. The van der Waals surface area contributed by atoms with Gasteiger partial charge in [-0.25, -0.2) is 0 Å². The number of thiophene rings is 1. The van der Waals surface area contributed by atoms with E-state index in [1.165, 1.54) is 9.75 Å². The molecule has 15 heavy (non-hydrogen) atoms. The summed E-state index contributed by atoms with van der Waals surface area (Å²) >= 11 is 1.86. The highest BCUT2D eigenvalue weighted by Crippen LogP contribution is 2.21. The summed E-state index contributed by atoms with van der Waals surface area (Å²) in [6.07, 6.45) is 0.325. The number of aryl methyl sites for hydroxylation is 1. The van der Waals surface area contributed by atoms with Crippen LogP contribution in [0.4, 0.5) is 0 Å². The van der Waals surface area contributed by atoms with Crippen molar-refractivity contribution in [1.82, 2.24) is 5.32 Å². The largest absolute Gasteiger partial charge is 0.377 e. The predicted molar refractivity (Wildman–Crippen MR) is 66.6 cm³/mol. The van der Waals surface area contributed by atoms with Gasteiger partial charge < -0.3 is 10.1 Å². The zero-order valence-corrected chi connectivity index (χ0v) is 10.9. The standard InChI is InChI=1S/C12H21NOS/c1-9(2)14-8-7-13-11(4)12-6-5-10(3)15-12/h5-6,9,11,13H,7-8H2,1-4H3. The molecule has 1 atom stereocenters. The third-order valence-electron chi connectivity index (χ3n) is 2.19. The molecule has 1 rings (SSSR count). The van der Waals surface area contributed by atoms with Crippen molar-refractivity contribution >= 4 is 11.3 Å². The molecular formula is C12H21NOS. The van der Waals surface area contributed by atoms with Crippen LogP contribution < -0.4 is 5.32 Å². The van der Waals surface area contributed by atoms with Crippen LogP contribution in [0.2, 0.25) is 0 Å². The van der Waals surface area contributed by atoms with Crippen molar-refractivity contribution in [2.24, 2.45) is 0 Å². The van der Waals surface area contributed by atoms with E-state index in [9.17, 15) is 0 Å². The molecule has 1 aromatic heterocycles. The van der Waals surface area contributed by atoms with Gasteiger partial charge in [-0.3, -0.25) is 0 Å². The molecule has 1 unspecified atom stereocenters. The van der Waals surface area contributed by atoms with E-state index >= 15 is 0 Å². The zero-order valence-electron chi connectivity index (χ0n) is 10.0. The van der Waals surface area contributed by atoms with Crippen molar-refractivity contribution in [2.75, 3.05) is 13.2 Å². The second-order valence-corrected chi connectivity index (χ2v) is 5.36. The van der Waals surface area contributed by atoms with Crippen molar-refractivity contribution in [3.05, 3.63) is 21.9 Å². The molecule has 0 aromatic carbocycles. The Balaban J connectivity index is 2.21. The molecular weight excluding hydrogens is 206 g/mol. The van der Waals surface area contributed by atoms with E-state index in [1.54, 1.807) is 0 Å². The first-order valence-corrected chi connectivity index (χ1v) is 6.32. The lowest BCUT2D eigenvalue weighted by Crippen LogP contribution is -2.23. The smallest absolute Gasteiger partial charge is 0.0594 e. The highest BCUT2D eigenvalue weighted by molar-refractivity contribution is 7.12. The van der Waals surface area contributed by atoms with Crippen molar-refractivity contribution in [3.8, 4) is 0 Å². The monoisotopic (exact) mass is 227 g/mol. The minimum Gasteiger partial charge on any atom is -0.377 e. The van der Waals surface area contributed by atoms with E-state index in [2.05, 4.69) is 45.1 Å². The number of hydrogen-bond acceptors (Lipinski definition) is 3. The molecule has 0 spiro atoms. The summed E-state index contributed by atoms with van der Waals surface area (Å²) in [7, 11) is 0. The topological polar surface area (TPSA) is 21.3 Å². The maximum atomic E-state index is 5.47. The first-order valence-electron chi connectivity index (χ1n) is 5.51. The van der Waals surface area contributed by atoms with Crippen LogP contribution >= 0.6 is 11.3 Å². The Bertz CT molecular complexity index is 283. The second-order valence-electron chi connectivity index (χ2n) is 4.04. The molecule has 1 heterocycles. The maximum absolute atomic E-state index is 5.47. The highest BCUT2D eigenvalue weighted by Gasteiger charge is 2.06. The third-order valence-corrected chi connectivity index (χ3v) is 3.38. The Labute approximate surface area is 96.7 Å². The van der Waals surface area contributed by atoms with Crippen molar-refractivity contribution in [2.45, 2.75) is 39.8 Å². The van der Waals surface area contributed by atoms with Crippen LogP contribution in [0.25, 0.3) is 0 Å². The molecule has 1 N–H and O–H groups in total. The van der Waals surface area contributed by atoms with Gasteiger partial charge in [-0.2, -0.15) is 0 Å². The lowest BCUT2D eigenvalue weighted by molar-refractivity contribution is 0.0797. The highest BCUT2D eigenvalue weighted by atomic mass is 32.1. The maximum Gasteiger partial charge on any atom is 0.0594 e. The van der Waals surface area contributed by atoms with Crippen LogP contribution in [0, 0.1) is 6.92 Å². The molecule has 0 aliphatic carbocycles. The van der Waals surface area contributed by atoms with Gasteiger partial charge in [0.05, 0.1) is 12.7 Å². The predicted octanol–water partition coefficient (Wildman–Crippen LogP) is 3.13. The molecule has 86 valence electrons. The van der Waals surface area contributed by atoms with Crippen molar-refractivity contribution in [3.63, 3.8) is 0 Å². The molecule has 0 bridgehead atoms. The Morgan fingerprint density at radius 2 is 2.07 bits per heavy atom. The molecule has 0 saturated carbocycles. The van der Waals surface area contributed by atoms with Gasteiger partial charge in [0.1, 0.15) is 0 Å². The van der Waals surface area contributed by atoms with Crippen LogP contribution in [0.1, 0.15) is 36.6 Å². The Morgan fingerprint density at radius 1 is 1.33 bits per heavy atom. The molecule has 0 aliphatic rings. The van der Waals surface area contributed by atoms with Gasteiger partial charge in [0.25, 0.3) is 0 Å². The van der Waals surface area contributed by atoms with Gasteiger partial charge in [0.2, 0.25) is 0 Å². The first kappa shape index (κ1) is 12.7. The van der Waals surface area contributed by atoms with E-state index < -0.39 is 0 Å². The summed E-state index contributed by atoms with van der Waals surface area (Å²) in [5, 5.41) is 3.45. The average molecular weight is 227 g/mol. The summed E-state index contributed by atoms with van der Waals surface area (Å²) in [5.74, 6) is 0. The number of nitrogens with one attached hydrogen (secondary N) is 1. The fraction of sp³-hybridized carbons (Fsp3) is 0.667. The first-order chi connectivity index (χ1) is 7.09. The lowest BCUT2D eigenvalue weighted by Gasteiger charge is -2.13. The van der Waals surface area contributed by atoms with Crippen LogP contribution in [0.5, 0.6) is 0 Å². The fourth-order valence-electron chi connectivity index (χ4n) is 1.36. The molecule has 3 heteroatoms. The van der Waals surface area contributed by atoms with Crippen LogP contribution in [0.3, 0.4) is 0 Å². The number of ether oxygens (including phenoxy) is 1. The van der Waals surface area contributed by atoms with Crippen LogP contribution in [-0.4, -0.2) is 19.3 Å². The van der Waals surface area contributed by atoms with Gasteiger partial charge in [-0.1, -0.05) is 0 Å². The third kappa shape index (κ3) is 4.78. The second kappa shape index (κ2) is 6.26. The van der Waals surface area contributed by atoms with Gasteiger partial charge >= 0.3 is 0 Å². The van der Waals surface area contributed by atoms with Crippen molar-refractivity contribution in [1.29, 1.82) is 0 Å².